The predicted molar refractivity (Wildman–Crippen MR) is 96.3 cm³/mol. The summed E-state index contributed by atoms with van der Waals surface area (Å²) in [5.41, 5.74) is 3.37. The SMILES string of the molecule is COc1cccc2c1O[C@@]1(C)C[C@@H]2NC(=O)N1c1ccc(C)c(C)c1. The zero-order valence-electron chi connectivity index (χ0n) is 14.9. The van der Waals surface area contributed by atoms with E-state index in [0.717, 1.165) is 16.8 Å². The molecule has 0 aliphatic carbocycles. The summed E-state index contributed by atoms with van der Waals surface area (Å²) in [6, 6.07) is 11.6. The summed E-state index contributed by atoms with van der Waals surface area (Å²) in [4.78, 5) is 14.6. The number of carbonyl (C=O) groups is 1. The van der Waals surface area contributed by atoms with Crippen molar-refractivity contribution in [2.75, 3.05) is 12.0 Å². The summed E-state index contributed by atoms with van der Waals surface area (Å²) >= 11 is 0. The van der Waals surface area contributed by atoms with Crippen molar-refractivity contribution in [3.8, 4) is 11.5 Å². The molecule has 2 atom stereocenters. The normalized spacial score (nSPS) is 24.2. The number of anilines is 1. The van der Waals surface area contributed by atoms with Gasteiger partial charge in [-0.05, 0) is 50.1 Å². The van der Waals surface area contributed by atoms with Crippen LogP contribution in [0.4, 0.5) is 10.5 Å². The first-order chi connectivity index (χ1) is 11.9. The van der Waals surface area contributed by atoms with Gasteiger partial charge >= 0.3 is 6.03 Å². The molecule has 5 heteroatoms. The van der Waals surface area contributed by atoms with E-state index < -0.39 is 5.72 Å². The highest BCUT2D eigenvalue weighted by molar-refractivity contribution is 5.95. The number of urea groups is 1. The summed E-state index contributed by atoms with van der Waals surface area (Å²) in [6.07, 6.45) is 0.672. The number of carbonyl (C=O) groups excluding carboxylic acids is 1. The van der Waals surface area contributed by atoms with E-state index in [-0.39, 0.29) is 12.1 Å². The standard InChI is InChI=1S/C20H22N2O3/c1-12-8-9-14(10-13(12)2)22-19(23)21-16-11-20(22,3)25-18-15(16)6-5-7-17(18)24-4/h5-10,16H,11H2,1-4H3,(H,21,23)/t16-,20-/m0/s1. The van der Waals surface area contributed by atoms with Crippen molar-refractivity contribution >= 4 is 11.7 Å². The number of rotatable bonds is 2. The van der Waals surface area contributed by atoms with Crippen molar-refractivity contribution < 1.29 is 14.3 Å². The van der Waals surface area contributed by atoms with Crippen LogP contribution in [0.5, 0.6) is 11.5 Å². The molecule has 2 aromatic rings. The Hall–Kier alpha value is -2.69. The molecule has 0 aromatic heterocycles. The van der Waals surface area contributed by atoms with E-state index in [2.05, 4.69) is 12.2 Å². The Bertz CT molecular complexity index is 864. The fourth-order valence-corrected chi connectivity index (χ4v) is 3.78. The largest absolute Gasteiger partial charge is 0.493 e. The van der Waals surface area contributed by atoms with E-state index >= 15 is 0 Å². The van der Waals surface area contributed by atoms with Gasteiger partial charge in [-0.2, -0.15) is 0 Å². The third-order valence-corrected chi connectivity index (χ3v) is 5.23. The minimum absolute atomic E-state index is 0.0841. The van der Waals surface area contributed by atoms with Crippen LogP contribution in [0.3, 0.4) is 0 Å². The van der Waals surface area contributed by atoms with E-state index in [9.17, 15) is 4.79 Å². The number of ether oxygens (including phenoxy) is 2. The highest BCUT2D eigenvalue weighted by Gasteiger charge is 2.50. The van der Waals surface area contributed by atoms with Crippen LogP contribution in [-0.4, -0.2) is 18.9 Å². The maximum absolute atomic E-state index is 12.9. The topological polar surface area (TPSA) is 50.8 Å². The number of fused-ring (bicyclic) bond motifs is 4. The lowest BCUT2D eigenvalue weighted by molar-refractivity contribution is 0.0349. The number of hydrogen-bond acceptors (Lipinski definition) is 3. The molecule has 1 fully saturated rings. The molecule has 2 heterocycles. The molecular weight excluding hydrogens is 316 g/mol. The fraction of sp³-hybridized carbons (Fsp3) is 0.350. The van der Waals surface area contributed by atoms with Gasteiger partial charge in [0.1, 0.15) is 0 Å². The van der Waals surface area contributed by atoms with Crippen LogP contribution in [0.1, 0.15) is 36.1 Å². The third kappa shape index (κ3) is 2.34. The number of hydrogen-bond donors (Lipinski definition) is 1. The molecular formula is C20H22N2O3. The second kappa shape index (κ2) is 5.41. The molecule has 4 rings (SSSR count). The molecule has 0 radical (unpaired) electrons. The van der Waals surface area contributed by atoms with E-state index in [1.165, 1.54) is 5.56 Å². The van der Waals surface area contributed by atoms with Crippen molar-refractivity contribution in [3.63, 3.8) is 0 Å². The average molecular weight is 338 g/mol. The Morgan fingerprint density at radius 1 is 1.24 bits per heavy atom. The van der Waals surface area contributed by atoms with Crippen LogP contribution in [0.25, 0.3) is 0 Å². The maximum atomic E-state index is 12.9. The van der Waals surface area contributed by atoms with Crippen molar-refractivity contribution in [3.05, 3.63) is 53.1 Å². The molecule has 0 unspecified atom stereocenters. The summed E-state index contributed by atoms with van der Waals surface area (Å²) in [5.74, 6) is 1.39. The number of para-hydroxylation sites is 1. The van der Waals surface area contributed by atoms with Crippen molar-refractivity contribution in [2.24, 2.45) is 0 Å². The minimum atomic E-state index is -0.768. The highest BCUT2D eigenvalue weighted by Crippen LogP contribution is 2.49. The Labute approximate surface area is 147 Å². The minimum Gasteiger partial charge on any atom is -0.493 e. The lowest BCUT2D eigenvalue weighted by Gasteiger charge is -2.50. The molecule has 2 amide bonds. The van der Waals surface area contributed by atoms with E-state index in [4.69, 9.17) is 9.47 Å². The molecule has 1 N–H and O–H groups in total. The van der Waals surface area contributed by atoms with Gasteiger partial charge < -0.3 is 14.8 Å². The van der Waals surface area contributed by atoms with Crippen molar-refractivity contribution in [2.45, 2.75) is 39.0 Å². The van der Waals surface area contributed by atoms with Crippen LogP contribution in [0.2, 0.25) is 0 Å². The molecule has 1 saturated heterocycles. The fourth-order valence-electron chi connectivity index (χ4n) is 3.78. The van der Waals surface area contributed by atoms with Gasteiger partial charge in [0, 0.05) is 17.7 Å². The second-order valence-electron chi connectivity index (χ2n) is 6.97. The molecule has 0 spiro atoms. The number of aryl methyl sites for hydroxylation is 2. The van der Waals surface area contributed by atoms with Crippen molar-refractivity contribution in [1.82, 2.24) is 5.32 Å². The van der Waals surface area contributed by atoms with Crippen molar-refractivity contribution in [1.29, 1.82) is 0 Å². The number of nitrogens with zero attached hydrogens (tertiary/aromatic N) is 1. The van der Waals surface area contributed by atoms with Gasteiger partial charge in [0.15, 0.2) is 17.2 Å². The molecule has 25 heavy (non-hydrogen) atoms. The van der Waals surface area contributed by atoms with Gasteiger partial charge in [-0.25, -0.2) is 4.79 Å². The lowest BCUT2D eigenvalue weighted by atomic mass is 9.89. The molecule has 2 aliphatic heterocycles. The third-order valence-electron chi connectivity index (χ3n) is 5.23. The lowest BCUT2D eigenvalue weighted by Crippen LogP contribution is -2.65. The van der Waals surface area contributed by atoms with Crippen LogP contribution in [0.15, 0.2) is 36.4 Å². The maximum Gasteiger partial charge on any atom is 0.325 e. The number of amides is 2. The van der Waals surface area contributed by atoms with Gasteiger partial charge in [0.25, 0.3) is 0 Å². The Kier molecular flexibility index (Phi) is 3.42. The Morgan fingerprint density at radius 3 is 2.76 bits per heavy atom. The molecule has 2 aliphatic rings. The zero-order valence-corrected chi connectivity index (χ0v) is 14.9. The molecule has 2 bridgehead atoms. The van der Waals surface area contributed by atoms with Gasteiger partial charge in [-0.3, -0.25) is 4.90 Å². The average Bonchev–Trinajstić information content (AvgIpc) is 2.57. The smallest absolute Gasteiger partial charge is 0.325 e. The van der Waals surface area contributed by atoms with Gasteiger partial charge in [0.05, 0.1) is 13.2 Å². The first-order valence-corrected chi connectivity index (χ1v) is 8.47. The Morgan fingerprint density at radius 2 is 2.04 bits per heavy atom. The summed E-state index contributed by atoms with van der Waals surface area (Å²) in [7, 11) is 1.63. The van der Waals surface area contributed by atoms with E-state index in [1.807, 2.05) is 50.2 Å². The summed E-state index contributed by atoms with van der Waals surface area (Å²) in [5, 5.41) is 3.11. The predicted octanol–water partition coefficient (Wildman–Crippen LogP) is 4.08. The summed E-state index contributed by atoms with van der Waals surface area (Å²) in [6.45, 7) is 6.07. The molecule has 0 saturated carbocycles. The van der Waals surface area contributed by atoms with Crippen LogP contribution < -0.4 is 19.7 Å². The van der Waals surface area contributed by atoms with Crippen LogP contribution in [0, 0.1) is 13.8 Å². The monoisotopic (exact) mass is 338 g/mol. The first-order valence-electron chi connectivity index (χ1n) is 8.47. The number of methoxy groups -OCH3 is 1. The molecule has 2 aromatic carbocycles. The van der Waals surface area contributed by atoms with Gasteiger partial charge in [0.2, 0.25) is 0 Å². The molecule has 130 valence electrons. The molecule has 5 nitrogen and oxygen atoms in total. The summed E-state index contributed by atoms with van der Waals surface area (Å²) < 4.78 is 11.8. The van der Waals surface area contributed by atoms with E-state index in [0.29, 0.717) is 17.9 Å². The van der Waals surface area contributed by atoms with Crippen LogP contribution in [-0.2, 0) is 0 Å². The number of benzene rings is 2. The second-order valence-corrected chi connectivity index (χ2v) is 6.97. The van der Waals surface area contributed by atoms with Gasteiger partial charge in [-0.1, -0.05) is 18.2 Å². The Balaban J connectivity index is 1.82. The van der Waals surface area contributed by atoms with Crippen LogP contribution >= 0.6 is 0 Å². The quantitative estimate of drug-likeness (QED) is 0.897. The zero-order chi connectivity index (χ0) is 17.8. The first kappa shape index (κ1) is 15.8. The van der Waals surface area contributed by atoms with E-state index in [1.54, 1.807) is 12.0 Å². The van der Waals surface area contributed by atoms with Gasteiger partial charge in [-0.15, -0.1) is 0 Å². The highest BCUT2D eigenvalue weighted by atomic mass is 16.5. The number of nitrogens with one attached hydrogen (secondary N) is 1.